The predicted octanol–water partition coefficient (Wildman–Crippen LogP) is -0.192. The Kier molecular flexibility index (Phi) is 5.10. The van der Waals surface area contributed by atoms with Crippen LogP contribution in [0.25, 0.3) is 0 Å². The van der Waals surface area contributed by atoms with E-state index in [0.29, 0.717) is 6.04 Å². The van der Waals surface area contributed by atoms with Crippen LogP contribution in [0.4, 0.5) is 0 Å². The van der Waals surface area contributed by atoms with Crippen molar-refractivity contribution in [2.45, 2.75) is 31.7 Å². The molecule has 2 N–H and O–H groups in total. The Morgan fingerprint density at radius 1 is 1.27 bits per heavy atom. The number of carbonyl (C=O) groups is 2. The van der Waals surface area contributed by atoms with E-state index in [4.69, 9.17) is 0 Å². The van der Waals surface area contributed by atoms with Crippen molar-refractivity contribution in [2.75, 3.05) is 20.2 Å². The molecule has 1 amide bonds. The van der Waals surface area contributed by atoms with E-state index in [9.17, 15) is 9.59 Å². The quantitative estimate of drug-likeness (QED) is 0.622. The molecule has 0 unspecified atom stereocenters. The van der Waals surface area contributed by atoms with Gasteiger partial charge in [-0.2, -0.15) is 0 Å². The molecule has 0 aromatic carbocycles. The minimum atomic E-state index is -0.358. The molecule has 1 aliphatic carbocycles. The molecule has 1 aliphatic rings. The first kappa shape index (κ1) is 12.0. The highest BCUT2D eigenvalue weighted by Crippen LogP contribution is 2.17. The minimum Gasteiger partial charge on any atom is -0.468 e. The van der Waals surface area contributed by atoms with Gasteiger partial charge in [-0.25, -0.2) is 0 Å². The first-order valence-electron chi connectivity index (χ1n) is 5.29. The predicted molar refractivity (Wildman–Crippen MR) is 55.3 cm³/mol. The van der Waals surface area contributed by atoms with Crippen molar-refractivity contribution in [1.82, 2.24) is 10.6 Å². The maximum absolute atomic E-state index is 11.3. The van der Waals surface area contributed by atoms with E-state index in [1.807, 2.05) is 0 Å². The third-order valence-corrected chi connectivity index (χ3v) is 2.50. The standard InChI is InChI=1S/C10H18N2O3/c1-15-10(14)7-11-6-9(13)12-8-4-2-3-5-8/h8,11H,2-7H2,1H3,(H,12,13). The molecule has 0 saturated heterocycles. The lowest BCUT2D eigenvalue weighted by Gasteiger charge is -2.11. The second kappa shape index (κ2) is 6.40. The Bertz CT molecular complexity index is 225. The van der Waals surface area contributed by atoms with E-state index in [2.05, 4.69) is 15.4 Å². The number of rotatable bonds is 5. The van der Waals surface area contributed by atoms with Crippen molar-refractivity contribution in [1.29, 1.82) is 0 Å². The van der Waals surface area contributed by atoms with Crippen LogP contribution in [0.2, 0.25) is 0 Å². The lowest BCUT2D eigenvalue weighted by molar-refractivity contribution is -0.139. The largest absolute Gasteiger partial charge is 0.468 e. The van der Waals surface area contributed by atoms with Gasteiger partial charge in [-0.15, -0.1) is 0 Å². The van der Waals surface area contributed by atoms with Crippen LogP contribution in [0.15, 0.2) is 0 Å². The fourth-order valence-electron chi connectivity index (χ4n) is 1.70. The second-order valence-electron chi connectivity index (χ2n) is 3.73. The highest BCUT2D eigenvalue weighted by molar-refractivity contribution is 5.79. The Morgan fingerprint density at radius 3 is 2.53 bits per heavy atom. The van der Waals surface area contributed by atoms with Crippen LogP contribution in [-0.2, 0) is 14.3 Å². The van der Waals surface area contributed by atoms with Crippen LogP contribution < -0.4 is 10.6 Å². The van der Waals surface area contributed by atoms with Crippen LogP contribution in [0.1, 0.15) is 25.7 Å². The zero-order valence-electron chi connectivity index (χ0n) is 9.04. The number of amides is 1. The van der Waals surface area contributed by atoms with E-state index in [0.717, 1.165) is 12.8 Å². The van der Waals surface area contributed by atoms with Gasteiger partial charge < -0.3 is 10.1 Å². The van der Waals surface area contributed by atoms with Crippen LogP contribution in [0.5, 0.6) is 0 Å². The molecule has 0 aromatic heterocycles. The van der Waals surface area contributed by atoms with Crippen molar-refractivity contribution in [3.8, 4) is 0 Å². The van der Waals surface area contributed by atoms with Crippen molar-refractivity contribution < 1.29 is 14.3 Å². The summed E-state index contributed by atoms with van der Waals surface area (Å²) in [5, 5.41) is 5.64. The van der Waals surface area contributed by atoms with Gasteiger partial charge in [0.15, 0.2) is 0 Å². The van der Waals surface area contributed by atoms with Gasteiger partial charge in [0.25, 0.3) is 0 Å². The van der Waals surface area contributed by atoms with E-state index in [1.165, 1.54) is 20.0 Å². The first-order chi connectivity index (χ1) is 7.22. The zero-order chi connectivity index (χ0) is 11.1. The lowest BCUT2D eigenvalue weighted by Crippen LogP contribution is -2.40. The number of carbonyl (C=O) groups excluding carboxylic acids is 2. The van der Waals surface area contributed by atoms with E-state index < -0.39 is 0 Å². The van der Waals surface area contributed by atoms with Crippen LogP contribution in [0.3, 0.4) is 0 Å². The molecule has 0 atom stereocenters. The molecule has 0 bridgehead atoms. The van der Waals surface area contributed by atoms with Crippen molar-refractivity contribution >= 4 is 11.9 Å². The maximum atomic E-state index is 11.3. The first-order valence-corrected chi connectivity index (χ1v) is 5.29. The minimum absolute atomic E-state index is 0.0502. The van der Waals surface area contributed by atoms with Gasteiger partial charge in [0.05, 0.1) is 20.2 Å². The lowest BCUT2D eigenvalue weighted by atomic mass is 10.2. The Hall–Kier alpha value is -1.10. The van der Waals surface area contributed by atoms with Gasteiger partial charge >= 0.3 is 5.97 Å². The summed E-state index contributed by atoms with van der Waals surface area (Å²) in [5.74, 6) is -0.408. The summed E-state index contributed by atoms with van der Waals surface area (Å²) in [4.78, 5) is 22.1. The van der Waals surface area contributed by atoms with Crippen molar-refractivity contribution in [2.24, 2.45) is 0 Å². The number of ether oxygens (including phenoxy) is 1. The molecule has 1 saturated carbocycles. The fourth-order valence-corrected chi connectivity index (χ4v) is 1.70. The van der Waals surface area contributed by atoms with Crippen LogP contribution in [0, 0.1) is 0 Å². The van der Waals surface area contributed by atoms with Gasteiger partial charge in [-0.1, -0.05) is 12.8 Å². The Balaban J connectivity index is 2.05. The molecule has 5 heteroatoms. The van der Waals surface area contributed by atoms with E-state index in [1.54, 1.807) is 0 Å². The molecule has 86 valence electrons. The smallest absolute Gasteiger partial charge is 0.319 e. The molecule has 0 radical (unpaired) electrons. The number of methoxy groups -OCH3 is 1. The van der Waals surface area contributed by atoms with Crippen LogP contribution >= 0.6 is 0 Å². The summed E-state index contributed by atoms with van der Waals surface area (Å²) in [6, 6.07) is 0.331. The number of hydrogen-bond donors (Lipinski definition) is 2. The van der Waals surface area contributed by atoms with Crippen molar-refractivity contribution in [3.05, 3.63) is 0 Å². The molecule has 0 aliphatic heterocycles. The molecule has 5 nitrogen and oxygen atoms in total. The summed E-state index contributed by atoms with van der Waals surface area (Å²) in [6.45, 7) is 0.250. The van der Waals surface area contributed by atoms with Gasteiger partial charge in [0, 0.05) is 6.04 Å². The fraction of sp³-hybridized carbons (Fsp3) is 0.800. The summed E-state index contributed by atoms with van der Waals surface area (Å²) in [7, 11) is 1.32. The third kappa shape index (κ3) is 4.78. The summed E-state index contributed by atoms with van der Waals surface area (Å²) in [6.07, 6.45) is 4.53. The topological polar surface area (TPSA) is 67.4 Å². The molecular formula is C10H18N2O3. The summed E-state index contributed by atoms with van der Waals surface area (Å²) >= 11 is 0. The van der Waals surface area contributed by atoms with Crippen LogP contribution in [-0.4, -0.2) is 38.1 Å². The highest BCUT2D eigenvalue weighted by Gasteiger charge is 2.16. The normalized spacial score (nSPS) is 16.3. The SMILES string of the molecule is COC(=O)CNCC(=O)NC1CCCC1. The number of esters is 1. The number of nitrogens with one attached hydrogen (secondary N) is 2. The molecule has 15 heavy (non-hydrogen) atoms. The van der Waals surface area contributed by atoms with E-state index in [-0.39, 0.29) is 25.0 Å². The Labute approximate surface area is 89.6 Å². The van der Waals surface area contributed by atoms with Gasteiger partial charge in [-0.3, -0.25) is 14.9 Å². The van der Waals surface area contributed by atoms with E-state index >= 15 is 0 Å². The molecular weight excluding hydrogens is 196 g/mol. The second-order valence-corrected chi connectivity index (χ2v) is 3.73. The molecule has 0 spiro atoms. The summed E-state index contributed by atoms with van der Waals surface area (Å²) in [5.41, 5.74) is 0. The highest BCUT2D eigenvalue weighted by atomic mass is 16.5. The molecule has 1 rings (SSSR count). The molecule has 0 heterocycles. The maximum Gasteiger partial charge on any atom is 0.319 e. The van der Waals surface area contributed by atoms with Gasteiger partial charge in [0.2, 0.25) is 5.91 Å². The van der Waals surface area contributed by atoms with Gasteiger partial charge in [-0.05, 0) is 12.8 Å². The summed E-state index contributed by atoms with van der Waals surface area (Å²) < 4.78 is 4.43. The number of hydrogen-bond acceptors (Lipinski definition) is 4. The monoisotopic (exact) mass is 214 g/mol. The van der Waals surface area contributed by atoms with Crippen molar-refractivity contribution in [3.63, 3.8) is 0 Å². The van der Waals surface area contributed by atoms with Gasteiger partial charge in [0.1, 0.15) is 0 Å². The average molecular weight is 214 g/mol. The average Bonchev–Trinajstić information content (AvgIpc) is 2.70. The third-order valence-electron chi connectivity index (χ3n) is 2.50. The molecule has 1 fully saturated rings. The zero-order valence-corrected chi connectivity index (χ0v) is 9.04. The Morgan fingerprint density at radius 2 is 1.93 bits per heavy atom. The molecule has 0 aromatic rings.